The highest BCUT2D eigenvalue weighted by Gasteiger charge is 2.38. The van der Waals surface area contributed by atoms with Crippen molar-refractivity contribution in [3.8, 4) is 0 Å². The molecule has 1 aromatic rings. The first-order chi connectivity index (χ1) is 13.0. The maximum atomic E-state index is 12.4. The Kier molecular flexibility index (Phi) is 7.16. The standard InChI is InChI=1S/C19H29N3O3S2/c1-12(13-5-3-2-4-6-13)17(20)15-7-8-16(23)22(15)9-10-26-19-21-14(11-27-19)18(24)25/h11-13,15,17H,2-10,20H2,1H3,(H,24,25)/t12?,15-,17+/m1/s1. The van der Waals surface area contributed by atoms with Gasteiger partial charge in [0.15, 0.2) is 10.0 Å². The minimum Gasteiger partial charge on any atom is -0.476 e. The lowest BCUT2D eigenvalue weighted by Crippen LogP contribution is -2.51. The number of aromatic nitrogens is 1. The summed E-state index contributed by atoms with van der Waals surface area (Å²) in [4.78, 5) is 29.4. The molecule has 0 bridgehead atoms. The minimum absolute atomic E-state index is 0.0306. The molecule has 1 unspecified atom stereocenters. The first-order valence-corrected chi connectivity index (χ1v) is 11.7. The Hall–Kier alpha value is -1.12. The van der Waals surface area contributed by atoms with E-state index < -0.39 is 5.97 Å². The number of hydrogen-bond acceptors (Lipinski definition) is 6. The molecular formula is C19H29N3O3S2. The Morgan fingerprint density at radius 2 is 2.15 bits per heavy atom. The van der Waals surface area contributed by atoms with Crippen LogP contribution in [0.3, 0.4) is 0 Å². The van der Waals surface area contributed by atoms with Crippen molar-refractivity contribution in [1.29, 1.82) is 0 Å². The maximum absolute atomic E-state index is 12.4. The summed E-state index contributed by atoms with van der Waals surface area (Å²) < 4.78 is 0.732. The fourth-order valence-electron chi connectivity index (χ4n) is 4.42. The zero-order valence-corrected chi connectivity index (χ0v) is 17.4. The number of hydrogen-bond donors (Lipinski definition) is 2. The second kappa shape index (κ2) is 9.39. The topological polar surface area (TPSA) is 96.5 Å². The molecule has 1 saturated carbocycles. The maximum Gasteiger partial charge on any atom is 0.355 e. The van der Waals surface area contributed by atoms with Crippen LogP contribution in [0.2, 0.25) is 0 Å². The lowest BCUT2D eigenvalue weighted by molar-refractivity contribution is -0.129. The molecule has 2 fully saturated rings. The molecule has 27 heavy (non-hydrogen) atoms. The van der Waals surface area contributed by atoms with E-state index in [1.807, 2.05) is 4.90 Å². The number of aromatic carboxylic acids is 1. The van der Waals surface area contributed by atoms with Gasteiger partial charge in [0.2, 0.25) is 5.91 Å². The molecule has 1 saturated heterocycles. The van der Waals surface area contributed by atoms with Gasteiger partial charge in [-0.15, -0.1) is 11.3 Å². The van der Waals surface area contributed by atoms with Crippen molar-refractivity contribution >= 4 is 35.0 Å². The number of carbonyl (C=O) groups is 2. The monoisotopic (exact) mass is 411 g/mol. The smallest absolute Gasteiger partial charge is 0.355 e. The lowest BCUT2D eigenvalue weighted by Gasteiger charge is -2.37. The van der Waals surface area contributed by atoms with Crippen LogP contribution in [0.4, 0.5) is 0 Å². The molecule has 6 nitrogen and oxygen atoms in total. The van der Waals surface area contributed by atoms with Crippen LogP contribution in [0.5, 0.6) is 0 Å². The Morgan fingerprint density at radius 1 is 1.41 bits per heavy atom. The Bertz CT molecular complexity index is 660. The second-order valence-electron chi connectivity index (χ2n) is 7.68. The van der Waals surface area contributed by atoms with Crippen molar-refractivity contribution in [3.63, 3.8) is 0 Å². The van der Waals surface area contributed by atoms with Gasteiger partial charge < -0.3 is 15.7 Å². The molecule has 3 N–H and O–H groups in total. The van der Waals surface area contributed by atoms with Crippen molar-refractivity contribution in [3.05, 3.63) is 11.1 Å². The van der Waals surface area contributed by atoms with Gasteiger partial charge in [-0.05, 0) is 18.3 Å². The number of rotatable bonds is 8. The van der Waals surface area contributed by atoms with Gasteiger partial charge in [0.25, 0.3) is 0 Å². The molecule has 1 aliphatic carbocycles. The third-order valence-corrected chi connectivity index (χ3v) is 8.08. The van der Waals surface area contributed by atoms with Crippen LogP contribution in [-0.4, -0.2) is 51.2 Å². The molecule has 1 aliphatic heterocycles. The van der Waals surface area contributed by atoms with Gasteiger partial charge in [-0.3, -0.25) is 4.79 Å². The van der Waals surface area contributed by atoms with Crippen molar-refractivity contribution in [2.45, 2.75) is 68.3 Å². The lowest BCUT2D eigenvalue weighted by atomic mass is 9.76. The molecule has 2 aliphatic rings. The van der Waals surface area contributed by atoms with E-state index in [0.717, 1.165) is 10.8 Å². The Labute approximate surface area is 168 Å². The quantitative estimate of drug-likeness (QED) is 0.636. The summed E-state index contributed by atoms with van der Waals surface area (Å²) in [6.45, 7) is 2.90. The van der Waals surface area contributed by atoms with Crippen LogP contribution in [0.25, 0.3) is 0 Å². The number of thioether (sulfide) groups is 1. The number of nitrogens with zero attached hydrogens (tertiary/aromatic N) is 2. The van der Waals surface area contributed by atoms with Crippen molar-refractivity contribution in [2.24, 2.45) is 17.6 Å². The van der Waals surface area contributed by atoms with Gasteiger partial charge >= 0.3 is 5.97 Å². The number of carboxylic acid groups (broad SMARTS) is 1. The fourth-order valence-corrected chi connectivity index (χ4v) is 6.23. The zero-order valence-electron chi connectivity index (χ0n) is 15.8. The third-order valence-electron chi connectivity index (χ3n) is 6.08. The van der Waals surface area contributed by atoms with Crippen LogP contribution >= 0.6 is 23.1 Å². The molecule has 0 spiro atoms. The van der Waals surface area contributed by atoms with E-state index >= 15 is 0 Å². The summed E-state index contributed by atoms with van der Waals surface area (Å²) in [6, 6.07) is 0.156. The summed E-state index contributed by atoms with van der Waals surface area (Å²) >= 11 is 2.84. The van der Waals surface area contributed by atoms with Crippen LogP contribution in [0, 0.1) is 11.8 Å². The van der Waals surface area contributed by atoms with Gasteiger partial charge in [-0.1, -0.05) is 50.8 Å². The largest absolute Gasteiger partial charge is 0.476 e. The number of likely N-dealkylation sites (tertiary alicyclic amines) is 1. The summed E-state index contributed by atoms with van der Waals surface area (Å²) in [5.74, 6) is 1.02. The van der Waals surface area contributed by atoms with E-state index in [4.69, 9.17) is 10.8 Å². The van der Waals surface area contributed by atoms with E-state index in [-0.39, 0.29) is 23.7 Å². The van der Waals surface area contributed by atoms with E-state index in [9.17, 15) is 9.59 Å². The second-order valence-corrected chi connectivity index (χ2v) is 9.88. The summed E-state index contributed by atoms with van der Waals surface area (Å²) in [6.07, 6.45) is 7.91. The summed E-state index contributed by atoms with van der Waals surface area (Å²) in [7, 11) is 0. The molecular weight excluding hydrogens is 382 g/mol. The van der Waals surface area contributed by atoms with Crippen LogP contribution < -0.4 is 5.73 Å². The van der Waals surface area contributed by atoms with E-state index in [2.05, 4.69) is 11.9 Å². The van der Waals surface area contributed by atoms with Crippen LogP contribution in [-0.2, 0) is 4.79 Å². The average Bonchev–Trinajstić information content (AvgIpc) is 3.29. The predicted octanol–water partition coefficient (Wildman–Crippen LogP) is 3.47. The van der Waals surface area contributed by atoms with Crippen LogP contribution in [0.15, 0.2) is 9.72 Å². The van der Waals surface area contributed by atoms with Gasteiger partial charge in [-0.2, -0.15) is 0 Å². The highest BCUT2D eigenvalue weighted by molar-refractivity contribution is 8.01. The SMILES string of the molecule is CC(C1CCCCC1)[C@H](N)[C@H]1CCC(=O)N1CCSc1nc(C(=O)O)cs1. The van der Waals surface area contributed by atoms with Gasteiger partial charge in [-0.25, -0.2) is 9.78 Å². The number of thiazole rings is 1. The van der Waals surface area contributed by atoms with E-state index in [0.29, 0.717) is 30.6 Å². The number of amides is 1. The normalized spacial score (nSPS) is 23.6. The van der Waals surface area contributed by atoms with Gasteiger partial charge in [0.1, 0.15) is 0 Å². The zero-order chi connectivity index (χ0) is 19.4. The summed E-state index contributed by atoms with van der Waals surface area (Å²) in [5.41, 5.74) is 6.73. The molecule has 1 amide bonds. The third kappa shape index (κ3) is 5.03. The number of carboxylic acids is 1. The van der Waals surface area contributed by atoms with E-state index in [1.54, 1.807) is 5.38 Å². The Morgan fingerprint density at radius 3 is 2.81 bits per heavy atom. The highest BCUT2D eigenvalue weighted by atomic mass is 32.2. The number of carbonyl (C=O) groups excluding carboxylic acids is 1. The fraction of sp³-hybridized carbons (Fsp3) is 0.737. The average molecular weight is 412 g/mol. The van der Waals surface area contributed by atoms with Crippen molar-refractivity contribution in [1.82, 2.24) is 9.88 Å². The van der Waals surface area contributed by atoms with Crippen LogP contribution in [0.1, 0.15) is 62.4 Å². The molecule has 8 heteroatoms. The van der Waals surface area contributed by atoms with E-state index in [1.165, 1.54) is 55.2 Å². The molecule has 1 aromatic heterocycles. The Balaban J connectivity index is 1.54. The first-order valence-electron chi connectivity index (χ1n) is 9.84. The van der Waals surface area contributed by atoms with Gasteiger partial charge in [0.05, 0.1) is 0 Å². The number of nitrogens with two attached hydrogens (primary N) is 1. The highest BCUT2D eigenvalue weighted by Crippen LogP contribution is 2.35. The molecule has 0 aromatic carbocycles. The molecule has 3 rings (SSSR count). The molecule has 0 radical (unpaired) electrons. The predicted molar refractivity (Wildman–Crippen MR) is 108 cm³/mol. The first kappa shape index (κ1) is 20.6. The van der Waals surface area contributed by atoms with Crippen molar-refractivity contribution < 1.29 is 14.7 Å². The summed E-state index contributed by atoms with van der Waals surface area (Å²) in [5, 5.41) is 10.5. The van der Waals surface area contributed by atoms with Gasteiger partial charge in [0, 0.05) is 36.2 Å². The molecule has 3 atom stereocenters. The molecule has 150 valence electrons. The molecule has 2 heterocycles. The minimum atomic E-state index is -1.00. The van der Waals surface area contributed by atoms with Crippen molar-refractivity contribution in [2.75, 3.05) is 12.3 Å².